The van der Waals surface area contributed by atoms with Crippen LogP contribution < -0.4 is 5.32 Å². The molecule has 1 amide bonds. The summed E-state index contributed by atoms with van der Waals surface area (Å²) in [6.45, 7) is 9.96. The molecule has 1 aliphatic rings. The van der Waals surface area contributed by atoms with Crippen molar-refractivity contribution in [3.63, 3.8) is 0 Å². The van der Waals surface area contributed by atoms with Gasteiger partial charge >= 0.3 is 0 Å². The summed E-state index contributed by atoms with van der Waals surface area (Å²) in [5.74, 6) is 2.36. The molecule has 7 heteroatoms. The SMILES string of the molecule is CC(C)c1ccc(CN2CCc3nnc([C@@H](C)NC(=O)c4ccco4)n3CC2)cc1. The van der Waals surface area contributed by atoms with Crippen LogP contribution in [0.5, 0.6) is 0 Å². The zero-order valence-corrected chi connectivity index (χ0v) is 17.8. The van der Waals surface area contributed by atoms with Crippen LogP contribution in [0.15, 0.2) is 47.1 Å². The van der Waals surface area contributed by atoms with E-state index in [1.54, 1.807) is 12.1 Å². The summed E-state index contributed by atoms with van der Waals surface area (Å²) in [5, 5.41) is 11.7. The fourth-order valence-corrected chi connectivity index (χ4v) is 3.87. The molecule has 1 N–H and O–H groups in total. The van der Waals surface area contributed by atoms with Crippen LogP contribution in [0.25, 0.3) is 0 Å². The van der Waals surface area contributed by atoms with Gasteiger partial charge in [-0.2, -0.15) is 0 Å². The van der Waals surface area contributed by atoms with Crippen molar-refractivity contribution in [3.05, 3.63) is 71.2 Å². The summed E-state index contributed by atoms with van der Waals surface area (Å²) in [6, 6.07) is 12.0. The van der Waals surface area contributed by atoms with Crippen molar-refractivity contribution in [2.45, 2.75) is 52.2 Å². The lowest BCUT2D eigenvalue weighted by molar-refractivity contribution is 0.0909. The van der Waals surface area contributed by atoms with E-state index in [0.29, 0.717) is 11.7 Å². The van der Waals surface area contributed by atoms with E-state index in [2.05, 4.69) is 63.1 Å². The summed E-state index contributed by atoms with van der Waals surface area (Å²) in [4.78, 5) is 14.8. The minimum atomic E-state index is -0.251. The van der Waals surface area contributed by atoms with Gasteiger partial charge in [-0.3, -0.25) is 9.69 Å². The average molecular weight is 408 g/mol. The van der Waals surface area contributed by atoms with Crippen LogP contribution in [0.2, 0.25) is 0 Å². The number of benzene rings is 1. The molecule has 0 spiro atoms. The van der Waals surface area contributed by atoms with Gasteiger partial charge in [0.2, 0.25) is 0 Å². The van der Waals surface area contributed by atoms with Gasteiger partial charge in [-0.05, 0) is 36.1 Å². The molecule has 0 aliphatic carbocycles. The second-order valence-corrected chi connectivity index (χ2v) is 8.22. The number of carbonyl (C=O) groups excluding carboxylic acids is 1. The van der Waals surface area contributed by atoms with Crippen LogP contribution in [-0.2, 0) is 19.5 Å². The second kappa shape index (κ2) is 8.83. The third-order valence-electron chi connectivity index (χ3n) is 5.68. The Morgan fingerprint density at radius 1 is 1.10 bits per heavy atom. The largest absolute Gasteiger partial charge is 0.459 e. The molecule has 158 valence electrons. The van der Waals surface area contributed by atoms with Crippen molar-refractivity contribution in [1.82, 2.24) is 25.0 Å². The zero-order chi connectivity index (χ0) is 21.1. The Labute approximate surface area is 177 Å². The van der Waals surface area contributed by atoms with E-state index in [0.717, 1.165) is 44.2 Å². The Hall–Kier alpha value is -2.93. The third-order valence-corrected chi connectivity index (χ3v) is 5.68. The van der Waals surface area contributed by atoms with Crippen molar-refractivity contribution >= 4 is 5.91 Å². The maximum atomic E-state index is 12.3. The molecule has 4 rings (SSSR count). The van der Waals surface area contributed by atoms with Gasteiger partial charge in [-0.1, -0.05) is 38.1 Å². The van der Waals surface area contributed by atoms with Gasteiger partial charge in [-0.15, -0.1) is 10.2 Å². The van der Waals surface area contributed by atoms with Crippen molar-refractivity contribution in [3.8, 4) is 0 Å². The molecule has 1 atom stereocenters. The normalized spacial score (nSPS) is 15.6. The monoisotopic (exact) mass is 407 g/mol. The minimum Gasteiger partial charge on any atom is -0.459 e. The highest BCUT2D eigenvalue weighted by atomic mass is 16.3. The molecule has 0 bridgehead atoms. The first-order chi connectivity index (χ1) is 14.5. The first-order valence-electron chi connectivity index (χ1n) is 10.6. The van der Waals surface area contributed by atoms with Gasteiger partial charge in [0.1, 0.15) is 5.82 Å². The molecule has 7 nitrogen and oxygen atoms in total. The van der Waals surface area contributed by atoms with Gasteiger partial charge in [-0.25, -0.2) is 0 Å². The fraction of sp³-hybridized carbons (Fsp3) is 0.435. The van der Waals surface area contributed by atoms with Crippen LogP contribution >= 0.6 is 0 Å². The van der Waals surface area contributed by atoms with Crippen molar-refractivity contribution in [2.24, 2.45) is 0 Å². The maximum Gasteiger partial charge on any atom is 0.287 e. The van der Waals surface area contributed by atoms with Crippen LogP contribution in [0.1, 0.15) is 66.1 Å². The maximum absolute atomic E-state index is 12.3. The molecule has 3 aromatic rings. The lowest BCUT2D eigenvalue weighted by atomic mass is 10.0. The Kier molecular flexibility index (Phi) is 5.99. The number of furan rings is 1. The summed E-state index contributed by atoms with van der Waals surface area (Å²) < 4.78 is 7.32. The molecular formula is C23H29N5O2. The van der Waals surface area contributed by atoms with Gasteiger partial charge in [0.15, 0.2) is 11.6 Å². The number of nitrogens with zero attached hydrogens (tertiary/aromatic N) is 4. The van der Waals surface area contributed by atoms with E-state index in [-0.39, 0.29) is 11.9 Å². The summed E-state index contributed by atoms with van der Waals surface area (Å²) in [6.07, 6.45) is 2.34. The van der Waals surface area contributed by atoms with Gasteiger partial charge < -0.3 is 14.3 Å². The zero-order valence-electron chi connectivity index (χ0n) is 17.8. The van der Waals surface area contributed by atoms with Crippen molar-refractivity contribution < 1.29 is 9.21 Å². The number of rotatable bonds is 6. The highest BCUT2D eigenvalue weighted by molar-refractivity contribution is 5.91. The summed E-state index contributed by atoms with van der Waals surface area (Å²) >= 11 is 0. The molecule has 2 aromatic heterocycles. The van der Waals surface area contributed by atoms with Gasteiger partial charge in [0, 0.05) is 32.6 Å². The van der Waals surface area contributed by atoms with E-state index < -0.39 is 0 Å². The van der Waals surface area contributed by atoms with Crippen LogP contribution in [0, 0.1) is 0 Å². The van der Waals surface area contributed by atoms with E-state index in [1.807, 2.05) is 6.92 Å². The molecule has 30 heavy (non-hydrogen) atoms. The first-order valence-corrected chi connectivity index (χ1v) is 10.6. The van der Waals surface area contributed by atoms with Gasteiger partial charge in [0.05, 0.1) is 12.3 Å². The predicted octanol–water partition coefficient (Wildman–Crippen LogP) is 3.54. The average Bonchev–Trinajstić information content (AvgIpc) is 3.37. The Morgan fingerprint density at radius 2 is 1.90 bits per heavy atom. The first kappa shape index (κ1) is 20.3. The minimum absolute atomic E-state index is 0.245. The second-order valence-electron chi connectivity index (χ2n) is 8.22. The van der Waals surface area contributed by atoms with Crippen molar-refractivity contribution in [2.75, 3.05) is 13.1 Å². The molecule has 1 aliphatic heterocycles. The summed E-state index contributed by atoms with van der Waals surface area (Å²) in [5.41, 5.74) is 2.70. The van der Waals surface area contributed by atoms with Gasteiger partial charge in [0.25, 0.3) is 5.91 Å². The Bertz CT molecular complexity index is 976. The topological polar surface area (TPSA) is 76.2 Å². The molecular weight excluding hydrogens is 378 g/mol. The number of carbonyl (C=O) groups is 1. The third kappa shape index (κ3) is 4.46. The number of fused-ring (bicyclic) bond motifs is 1. The molecule has 0 saturated carbocycles. The van der Waals surface area contributed by atoms with E-state index >= 15 is 0 Å². The molecule has 0 unspecified atom stereocenters. The number of nitrogens with one attached hydrogen (secondary N) is 1. The molecule has 3 heterocycles. The lowest BCUT2D eigenvalue weighted by Gasteiger charge is -2.20. The van der Waals surface area contributed by atoms with Crippen LogP contribution in [0.4, 0.5) is 0 Å². The highest BCUT2D eigenvalue weighted by Gasteiger charge is 2.23. The van der Waals surface area contributed by atoms with E-state index in [1.165, 1.54) is 17.4 Å². The molecule has 0 fully saturated rings. The van der Waals surface area contributed by atoms with Crippen molar-refractivity contribution in [1.29, 1.82) is 0 Å². The highest BCUT2D eigenvalue weighted by Crippen LogP contribution is 2.19. The molecule has 0 radical (unpaired) electrons. The number of amides is 1. The number of hydrogen-bond donors (Lipinski definition) is 1. The van der Waals surface area contributed by atoms with E-state index in [9.17, 15) is 4.79 Å². The van der Waals surface area contributed by atoms with Crippen LogP contribution in [-0.4, -0.2) is 38.7 Å². The fourth-order valence-electron chi connectivity index (χ4n) is 3.87. The quantitative estimate of drug-likeness (QED) is 0.676. The Morgan fingerprint density at radius 3 is 2.60 bits per heavy atom. The molecule has 1 aromatic carbocycles. The standard InChI is InChI=1S/C23H29N5O2/c1-16(2)19-8-6-18(7-9-19)15-27-11-10-21-25-26-22(28(21)13-12-27)17(3)24-23(29)20-5-4-14-30-20/h4-9,14,16-17H,10-13,15H2,1-3H3,(H,24,29)/t17-/m1/s1. The number of aromatic nitrogens is 3. The smallest absolute Gasteiger partial charge is 0.287 e. The summed E-state index contributed by atoms with van der Waals surface area (Å²) in [7, 11) is 0. The van der Waals surface area contributed by atoms with Crippen LogP contribution in [0.3, 0.4) is 0 Å². The lowest BCUT2D eigenvalue weighted by Crippen LogP contribution is -2.30. The Balaban J connectivity index is 1.39. The predicted molar refractivity (Wildman–Crippen MR) is 114 cm³/mol. The molecule has 0 saturated heterocycles. The number of hydrogen-bond acceptors (Lipinski definition) is 5. The van der Waals surface area contributed by atoms with E-state index in [4.69, 9.17) is 4.42 Å².